The molecular formula is C10H19N5O3S2. The third-order valence-electron chi connectivity index (χ3n) is 2.51. The number of carbonyl (C=O) groups is 1. The average Bonchev–Trinajstić information content (AvgIpc) is 2.76. The van der Waals surface area contributed by atoms with E-state index in [9.17, 15) is 13.2 Å². The van der Waals surface area contributed by atoms with Gasteiger partial charge in [0.15, 0.2) is 0 Å². The van der Waals surface area contributed by atoms with Crippen LogP contribution >= 0.6 is 11.3 Å². The lowest BCUT2D eigenvalue weighted by molar-refractivity contribution is -0.114. The highest BCUT2D eigenvalue weighted by molar-refractivity contribution is 7.91. The zero-order valence-corrected chi connectivity index (χ0v) is 13.2. The summed E-state index contributed by atoms with van der Waals surface area (Å²) in [5, 5.41) is 9.74. The zero-order valence-electron chi connectivity index (χ0n) is 11.6. The standard InChI is InChI=1S/C10H19N5O3S2/c1-6(2)8(4-5-11)15-20(17,18)10-14-13-9(19-10)12-7(3)16/h6,8,15H,4-5,11H2,1-3H3,(H,12,13,16). The molecule has 10 heteroatoms. The number of hydrogen-bond donors (Lipinski definition) is 3. The lowest BCUT2D eigenvalue weighted by Crippen LogP contribution is -2.39. The van der Waals surface area contributed by atoms with E-state index in [0.717, 1.165) is 11.3 Å². The topological polar surface area (TPSA) is 127 Å². The number of hydrogen-bond acceptors (Lipinski definition) is 7. The Bertz CT molecular complexity index is 555. The highest BCUT2D eigenvalue weighted by atomic mass is 32.2. The Morgan fingerprint density at radius 1 is 1.40 bits per heavy atom. The molecule has 1 amide bonds. The van der Waals surface area contributed by atoms with Crippen LogP contribution < -0.4 is 15.8 Å². The predicted molar refractivity (Wildman–Crippen MR) is 76.8 cm³/mol. The molecule has 0 saturated heterocycles. The molecule has 0 radical (unpaired) electrons. The summed E-state index contributed by atoms with van der Waals surface area (Å²) < 4.78 is 26.7. The van der Waals surface area contributed by atoms with E-state index in [1.54, 1.807) is 0 Å². The van der Waals surface area contributed by atoms with Gasteiger partial charge < -0.3 is 11.1 Å². The van der Waals surface area contributed by atoms with Gasteiger partial charge in [-0.1, -0.05) is 25.2 Å². The Morgan fingerprint density at radius 2 is 2.05 bits per heavy atom. The van der Waals surface area contributed by atoms with Gasteiger partial charge in [-0.05, 0) is 18.9 Å². The first-order chi connectivity index (χ1) is 9.26. The molecule has 1 aromatic rings. The number of sulfonamides is 1. The maximum Gasteiger partial charge on any atom is 0.270 e. The van der Waals surface area contributed by atoms with Crippen molar-refractivity contribution in [3.63, 3.8) is 0 Å². The first-order valence-electron chi connectivity index (χ1n) is 6.09. The predicted octanol–water partition coefficient (Wildman–Crippen LogP) is 0.148. The Hall–Kier alpha value is -1.10. The van der Waals surface area contributed by atoms with Crippen LogP contribution in [0.1, 0.15) is 27.2 Å². The lowest BCUT2D eigenvalue weighted by Gasteiger charge is -2.20. The van der Waals surface area contributed by atoms with Crippen molar-refractivity contribution in [2.75, 3.05) is 11.9 Å². The SMILES string of the molecule is CC(=O)Nc1nnc(S(=O)(=O)NC(CCN)C(C)C)s1. The second-order valence-electron chi connectivity index (χ2n) is 4.60. The van der Waals surface area contributed by atoms with Crippen LogP contribution in [-0.4, -0.2) is 37.1 Å². The van der Waals surface area contributed by atoms with Crippen LogP contribution in [0.5, 0.6) is 0 Å². The van der Waals surface area contributed by atoms with Gasteiger partial charge in [0.25, 0.3) is 10.0 Å². The van der Waals surface area contributed by atoms with Crippen molar-refractivity contribution in [1.82, 2.24) is 14.9 Å². The highest BCUT2D eigenvalue weighted by Crippen LogP contribution is 2.21. The minimum atomic E-state index is -3.75. The lowest BCUT2D eigenvalue weighted by atomic mass is 10.0. The second kappa shape index (κ2) is 7.07. The van der Waals surface area contributed by atoms with Gasteiger partial charge in [0.2, 0.25) is 15.4 Å². The molecule has 1 aromatic heterocycles. The average molecular weight is 321 g/mol. The molecule has 0 fully saturated rings. The fourth-order valence-corrected chi connectivity index (χ4v) is 3.86. The number of nitrogens with one attached hydrogen (secondary N) is 2. The molecule has 0 saturated carbocycles. The molecule has 20 heavy (non-hydrogen) atoms. The normalized spacial score (nSPS) is 13.4. The Labute approximate surface area is 122 Å². The zero-order chi connectivity index (χ0) is 15.3. The van der Waals surface area contributed by atoms with Crippen LogP contribution in [0.2, 0.25) is 0 Å². The van der Waals surface area contributed by atoms with Gasteiger partial charge in [-0.15, -0.1) is 10.2 Å². The number of carbonyl (C=O) groups excluding carboxylic acids is 1. The summed E-state index contributed by atoms with van der Waals surface area (Å²) in [6, 6.07) is -0.266. The van der Waals surface area contributed by atoms with Gasteiger partial charge in [0.05, 0.1) is 0 Å². The molecule has 0 bridgehead atoms. The van der Waals surface area contributed by atoms with Gasteiger partial charge in [-0.3, -0.25) is 4.79 Å². The second-order valence-corrected chi connectivity index (χ2v) is 7.47. The molecule has 1 heterocycles. The van der Waals surface area contributed by atoms with Crippen molar-refractivity contribution < 1.29 is 13.2 Å². The molecule has 0 aliphatic rings. The first-order valence-corrected chi connectivity index (χ1v) is 8.39. The van der Waals surface area contributed by atoms with E-state index in [1.165, 1.54) is 6.92 Å². The van der Waals surface area contributed by atoms with Crippen molar-refractivity contribution in [2.45, 2.75) is 37.6 Å². The van der Waals surface area contributed by atoms with Gasteiger partial charge in [-0.25, -0.2) is 13.1 Å². The number of aromatic nitrogens is 2. The Kier molecular flexibility index (Phi) is 5.99. The number of nitrogens with zero attached hydrogens (tertiary/aromatic N) is 2. The van der Waals surface area contributed by atoms with Crippen LogP contribution in [0.15, 0.2) is 4.34 Å². The molecule has 1 rings (SSSR count). The third-order valence-corrected chi connectivity index (χ3v) is 5.20. The van der Waals surface area contributed by atoms with Crippen LogP contribution in [0.3, 0.4) is 0 Å². The van der Waals surface area contributed by atoms with Gasteiger partial charge >= 0.3 is 0 Å². The van der Waals surface area contributed by atoms with E-state index < -0.39 is 10.0 Å². The molecule has 1 atom stereocenters. The molecule has 4 N–H and O–H groups in total. The summed E-state index contributed by atoms with van der Waals surface area (Å²) >= 11 is 0.804. The van der Waals surface area contributed by atoms with Gasteiger partial charge in [-0.2, -0.15) is 0 Å². The fraction of sp³-hybridized carbons (Fsp3) is 0.700. The van der Waals surface area contributed by atoms with E-state index >= 15 is 0 Å². The van der Waals surface area contributed by atoms with Crippen LogP contribution in [-0.2, 0) is 14.8 Å². The summed E-state index contributed by atoms with van der Waals surface area (Å²) in [6.45, 7) is 5.51. The third kappa shape index (κ3) is 4.78. The maximum absolute atomic E-state index is 12.2. The van der Waals surface area contributed by atoms with Crippen molar-refractivity contribution >= 4 is 32.4 Å². The van der Waals surface area contributed by atoms with Gasteiger partial charge in [0.1, 0.15) is 0 Å². The molecule has 0 spiro atoms. The summed E-state index contributed by atoms with van der Waals surface area (Å²) in [6.07, 6.45) is 0.536. The summed E-state index contributed by atoms with van der Waals surface area (Å²) in [4.78, 5) is 10.9. The number of rotatable bonds is 7. The van der Waals surface area contributed by atoms with Crippen molar-refractivity contribution in [3.8, 4) is 0 Å². The first kappa shape index (κ1) is 17.0. The molecule has 0 aliphatic carbocycles. The molecular weight excluding hydrogens is 302 g/mol. The highest BCUT2D eigenvalue weighted by Gasteiger charge is 2.25. The minimum absolute atomic E-state index is 0.107. The van der Waals surface area contributed by atoms with E-state index in [1.807, 2.05) is 13.8 Å². The van der Waals surface area contributed by atoms with Crippen molar-refractivity contribution in [3.05, 3.63) is 0 Å². The maximum atomic E-state index is 12.2. The Morgan fingerprint density at radius 3 is 2.55 bits per heavy atom. The van der Waals surface area contributed by atoms with E-state index in [0.29, 0.717) is 13.0 Å². The van der Waals surface area contributed by atoms with Crippen molar-refractivity contribution in [1.29, 1.82) is 0 Å². The molecule has 0 aromatic carbocycles. The monoisotopic (exact) mass is 321 g/mol. The van der Waals surface area contributed by atoms with Gasteiger partial charge in [0, 0.05) is 13.0 Å². The molecule has 8 nitrogen and oxygen atoms in total. The number of nitrogens with two attached hydrogens (primary N) is 1. The van der Waals surface area contributed by atoms with E-state index in [2.05, 4.69) is 20.2 Å². The largest absolute Gasteiger partial charge is 0.330 e. The molecule has 114 valence electrons. The molecule has 0 aliphatic heterocycles. The smallest absolute Gasteiger partial charge is 0.270 e. The van der Waals surface area contributed by atoms with Crippen molar-refractivity contribution in [2.24, 2.45) is 11.7 Å². The summed E-state index contributed by atoms with van der Waals surface area (Å²) in [7, 11) is -3.75. The van der Waals surface area contributed by atoms with Crippen LogP contribution in [0.4, 0.5) is 5.13 Å². The van der Waals surface area contributed by atoms with E-state index in [-0.39, 0.29) is 27.3 Å². The summed E-state index contributed by atoms with van der Waals surface area (Å²) in [5.74, 6) is -0.225. The fourth-order valence-electron chi connectivity index (χ4n) is 1.48. The number of anilines is 1. The quantitative estimate of drug-likeness (QED) is 0.613. The van der Waals surface area contributed by atoms with E-state index in [4.69, 9.17) is 5.73 Å². The van der Waals surface area contributed by atoms with Crippen LogP contribution in [0.25, 0.3) is 0 Å². The number of amides is 1. The van der Waals surface area contributed by atoms with Crippen LogP contribution in [0, 0.1) is 5.92 Å². The minimum Gasteiger partial charge on any atom is -0.330 e. The summed E-state index contributed by atoms with van der Waals surface area (Å²) in [5.41, 5.74) is 5.48. The Balaban J connectivity index is 2.87. The molecule has 1 unspecified atom stereocenters.